The lowest BCUT2D eigenvalue weighted by atomic mass is 10.2. The molecule has 1 aliphatic rings. The lowest BCUT2D eigenvalue weighted by Crippen LogP contribution is -2.45. The van der Waals surface area contributed by atoms with Crippen molar-refractivity contribution in [2.24, 2.45) is 4.99 Å². The SMILES string of the molecule is O=C1N=C(c2ccnc(F)c2)NC(=O)C1Cl. The number of hydrogen-bond donors (Lipinski definition) is 1. The normalized spacial score (nSPS) is 20.4. The molecule has 16 heavy (non-hydrogen) atoms. The van der Waals surface area contributed by atoms with Crippen LogP contribution in [0, 0.1) is 5.95 Å². The topological polar surface area (TPSA) is 71.4 Å². The molecular formula is C9H5ClFN3O2. The fraction of sp³-hybridized carbons (Fsp3) is 0.111. The van der Waals surface area contributed by atoms with Crippen LogP contribution >= 0.6 is 11.6 Å². The summed E-state index contributed by atoms with van der Waals surface area (Å²) in [5, 5.41) is 0.980. The van der Waals surface area contributed by atoms with E-state index in [1.807, 2.05) is 0 Å². The van der Waals surface area contributed by atoms with E-state index in [1.165, 1.54) is 12.3 Å². The highest BCUT2D eigenvalue weighted by molar-refractivity contribution is 6.45. The molecule has 1 N–H and O–H groups in total. The van der Waals surface area contributed by atoms with Gasteiger partial charge in [-0.3, -0.25) is 9.59 Å². The van der Waals surface area contributed by atoms with Crippen molar-refractivity contribution in [3.05, 3.63) is 29.8 Å². The Morgan fingerprint density at radius 2 is 2.19 bits per heavy atom. The van der Waals surface area contributed by atoms with Gasteiger partial charge in [-0.15, -0.1) is 11.6 Å². The number of pyridine rings is 1. The third-order valence-corrected chi connectivity index (χ3v) is 2.30. The summed E-state index contributed by atoms with van der Waals surface area (Å²) < 4.78 is 12.8. The van der Waals surface area contributed by atoms with E-state index in [0.29, 0.717) is 0 Å². The Morgan fingerprint density at radius 1 is 1.44 bits per heavy atom. The Morgan fingerprint density at radius 3 is 2.81 bits per heavy atom. The van der Waals surface area contributed by atoms with Crippen LogP contribution in [-0.2, 0) is 9.59 Å². The van der Waals surface area contributed by atoms with Gasteiger partial charge in [-0.05, 0) is 6.07 Å². The van der Waals surface area contributed by atoms with Gasteiger partial charge in [-0.25, -0.2) is 4.98 Å². The molecule has 1 aromatic rings. The number of aliphatic imine (C=N–C) groups is 1. The van der Waals surface area contributed by atoms with E-state index in [4.69, 9.17) is 11.6 Å². The molecule has 1 unspecified atom stereocenters. The molecule has 1 atom stereocenters. The summed E-state index contributed by atoms with van der Waals surface area (Å²) >= 11 is 5.45. The molecule has 0 saturated heterocycles. The Balaban J connectivity index is 2.39. The lowest BCUT2D eigenvalue weighted by Gasteiger charge is -2.15. The highest BCUT2D eigenvalue weighted by atomic mass is 35.5. The molecule has 0 fully saturated rings. The quantitative estimate of drug-likeness (QED) is 0.435. The summed E-state index contributed by atoms with van der Waals surface area (Å²) in [5.74, 6) is -2.19. The number of carbonyl (C=O) groups is 2. The van der Waals surface area contributed by atoms with Crippen LogP contribution in [-0.4, -0.2) is 28.0 Å². The van der Waals surface area contributed by atoms with Crippen LogP contribution in [0.2, 0.25) is 0 Å². The summed E-state index contributed by atoms with van der Waals surface area (Å²) in [6.45, 7) is 0. The molecular weight excluding hydrogens is 237 g/mol. The van der Waals surface area contributed by atoms with Gasteiger partial charge in [0.05, 0.1) is 0 Å². The smallest absolute Gasteiger partial charge is 0.275 e. The number of rotatable bonds is 1. The number of alkyl halides is 1. The van der Waals surface area contributed by atoms with Crippen molar-refractivity contribution in [1.82, 2.24) is 10.3 Å². The standard InChI is InChI=1S/C9H5ClFN3O2/c10-6-8(15)13-7(14-9(6)16)4-1-2-12-5(11)3-4/h1-3,6H,(H,13,14,15,16). The van der Waals surface area contributed by atoms with Crippen LogP contribution in [0.1, 0.15) is 5.56 Å². The van der Waals surface area contributed by atoms with Crippen molar-refractivity contribution < 1.29 is 14.0 Å². The van der Waals surface area contributed by atoms with Crippen molar-refractivity contribution in [3.8, 4) is 0 Å². The summed E-state index contributed by atoms with van der Waals surface area (Å²) in [5.41, 5.74) is 0.262. The minimum atomic E-state index is -1.32. The zero-order valence-corrected chi connectivity index (χ0v) is 8.53. The molecule has 0 radical (unpaired) electrons. The molecule has 0 bridgehead atoms. The second kappa shape index (κ2) is 3.97. The zero-order valence-electron chi connectivity index (χ0n) is 7.78. The summed E-state index contributed by atoms with van der Waals surface area (Å²) in [4.78, 5) is 29.3. The number of nitrogens with one attached hydrogen (secondary N) is 1. The number of nitrogens with zero attached hydrogens (tertiary/aromatic N) is 2. The fourth-order valence-electron chi connectivity index (χ4n) is 1.17. The minimum absolute atomic E-state index is 0.0202. The van der Waals surface area contributed by atoms with Gasteiger partial charge in [0.1, 0.15) is 5.84 Å². The number of aromatic nitrogens is 1. The third-order valence-electron chi connectivity index (χ3n) is 1.91. The first kappa shape index (κ1) is 10.7. The van der Waals surface area contributed by atoms with Crippen molar-refractivity contribution in [2.45, 2.75) is 5.38 Å². The molecule has 5 nitrogen and oxygen atoms in total. The van der Waals surface area contributed by atoms with Crippen molar-refractivity contribution >= 4 is 29.3 Å². The van der Waals surface area contributed by atoms with E-state index in [-0.39, 0.29) is 11.4 Å². The maximum Gasteiger partial charge on any atom is 0.275 e. The van der Waals surface area contributed by atoms with Crippen LogP contribution in [0.5, 0.6) is 0 Å². The molecule has 0 aliphatic carbocycles. The second-order valence-corrected chi connectivity index (χ2v) is 3.45. The largest absolute Gasteiger partial charge is 0.308 e. The van der Waals surface area contributed by atoms with Crippen LogP contribution in [0.3, 0.4) is 0 Å². The third kappa shape index (κ3) is 1.92. The first-order valence-corrected chi connectivity index (χ1v) is 4.71. The van der Waals surface area contributed by atoms with Crippen LogP contribution in [0.15, 0.2) is 23.3 Å². The van der Waals surface area contributed by atoms with Crippen molar-refractivity contribution in [1.29, 1.82) is 0 Å². The van der Waals surface area contributed by atoms with Crippen LogP contribution in [0.25, 0.3) is 0 Å². The van der Waals surface area contributed by atoms with E-state index >= 15 is 0 Å². The van der Waals surface area contributed by atoms with E-state index in [9.17, 15) is 14.0 Å². The molecule has 2 heterocycles. The Hall–Kier alpha value is -1.82. The predicted octanol–water partition coefficient (Wildman–Crippen LogP) is 0.231. The Kier molecular flexibility index (Phi) is 2.66. The van der Waals surface area contributed by atoms with Gasteiger partial charge in [0.15, 0.2) is 5.38 Å². The molecule has 2 rings (SSSR count). The molecule has 1 aliphatic heterocycles. The summed E-state index contributed by atoms with van der Waals surface area (Å²) in [6, 6.07) is 2.48. The molecule has 7 heteroatoms. The van der Waals surface area contributed by atoms with E-state index in [2.05, 4.69) is 15.3 Å². The molecule has 82 valence electrons. The maximum atomic E-state index is 12.8. The van der Waals surface area contributed by atoms with Gasteiger partial charge in [-0.1, -0.05) is 0 Å². The lowest BCUT2D eigenvalue weighted by molar-refractivity contribution is -0.127. The monoisotopic (exact) mass is 241 g/mol. The Bertz CT molecular complexity index is 503. The number of amides is 2. The number of halogens is 2. The van der Waals surface area contributed by atoms with E-state index in [0.717, 1.165) is 6.07 Å². The number of carbonyl (C=O) groups excluding carboxylic acids is 2. The molecule has 2 amide bonds. The van der Waals surface area contributed by atoms with E-state index < -0.39 is 23.1 Å². The Labute approximate surface area is 94.3 Å². The van der Waals surface area contributed by atoms with Crippen LogP contribution < -0.4 is 5.32 Å². The van der Waals surface area contributed by atoms with Crippen LogP contribution in [0.4, 0.5) is 4.39 Å². The summed E-state index contributed by atoms with van der Waals surface area (Å²) in [6.07, 6.45) is 1.20. The van der Waals surface area contributed by atoms with Gasteiger partial charge >= 0.3 is 0 Å². The molecule has 0 saturated carbocycles. The van der Waals surface area contributed by atoms with Gasteiger partial charge in [0.2, 0.25) is 5.95 Å². The minimum Gasteiger partial charge on any atom is -0.308 e. The highest BCUT2D eigenvalue weighted by Gasteiger charge is 2.30. The number of hydrogen-bond acceptors (Lipinski definition) is 3. The van der Waals surface area contributed by atoms with Gasteiger partial charge in [0, 0.05) is 17.8 Å². The second-order valence-electron chi connectivity index (χ2n) is 3.02. The maximum absolute atomic E-state index is 12.8. The average Bonchev–Trinajstić information content (AvgIpc) is 2.25. The van der Waals surface area contributed by atoms with Gasteiger partial charge in [0.25, 0.3) is 11.8 Å². The molecule has 0 spiro atoms. The predicted molar refractivity (Wildman–Crippen MR) is 53.5 cm³/mol. The van der Waals surface area contributed by atoms with E-state index in [1.54, 1.807) is 0 Å². The average molecular weight is 242 g/mol. The highest BCUT2D eigenvalue weighted by Crippen LogP contribution is 2.09. The number of amidine groups is 1. The molecule has 1 aromatic heterocycles. The zero-order chi connectivity index (χ0) is 11.7. The van der Waals surface area contributed by atoms with Crippen molar-refractivity contribution in [3.63, 3.8) is 0 Å². The summed E-state index contributed by atoms with van der Waals surface area (Å²) in [7, 11) is 0. The van der Waals surface area contributed by atoms with Gasteiger partial charge in [-0.2, -0.15) is 9.38 Å². The molecule has 0 aromatic carbocycles. The first-order valence-electron chi connectivity index (χ1n) is 4.27. The van der Waals surface area contributed by atoms with Gasteiger partial charge < -0.3 is 5.32 Å². The fourth-order valence-corrected chi connectivity index (χ4v) is 1.28. The first-order chi connectivity index (χ1) is 7.58. The van der Waals surface area contributed by atoms with Crippen molar-refractivity contribution in [2.75, 3.05) is 0 Å².